The molecule has 0 saturated carbocycles. The lowest BCUT2D eigenvalue weighted by Gasteiger charge is -2.14. The largest absolute Gasteiger partial charge is 0.335 e. The fraction of sp³-hybridized carbons (Fsp3) is 0.786. The lowest BCUT2D eigenvalue weighted by Crippen LogP contribution is -2.25. The Balaban J connectivity index is 2.21. The van der Waals surface area contributed by atoms with Crippen molar-refractivity contribution in [2.75, 3.05) is 13.1 Å². The second-order valence-electron chi connectivity index (χ2n) is 5.33. The molecule has 1 unspecified atom stereocenters. The minimum atomic E-state index is 0.718. The van der Waals surface area contributed by atoms with E-state index in [0.29, 0.717) is 0 Å². The first-order valence-electron chi connectivity index (χ1n) is 6.84. The smallest absolute Gasteiger partial charge is 0.108 e. The molecule has 1 N–H and O–H groups in total. The first-order valence-corrected chi connectivity index (χ1v) is 6.84. The molecule has 1 rings (SSSR count). The first kappa shape index (κ1) is 14.2. The van der Waals surface area contributed by atoms with Crippen LogP contribution in [0, 0.1) is 11.8 Å². The first-order chi connectivity index (χ1) is 8.13. The monoisotopic (exact) mass is 237 g/mol. The van der Waals surface area contributed by atoms with E-state index in [0.717, 1.165) is 37.9 Å². The van der Waals surface area contributed by atoms with Gasteiger partial charge in [-0.05, 0) is 38.3 Å². The molecule has 0 aliphatic heterocycles. The number of hydrogen-bond acceptors (Lipinski definition) is 2. The topological polar surface area (TPSA) is 29.9 Å². The van der Waals surface area contributed by atoms with Crippen molar-refractivity contribution in [2.45, 2.75) is 47.1 Å². The third kappa shape index (κ3) is 5.35. The molecule has 1 aromatic heterocycles. The number of rotatable bonds is 8. The quantitative estimate of drug-likeness (QED) is 0.753. The zero-order valence-electron chi connectivity index (χ0n) is 11.7. The summed E-state index contributed by atoms with van der Waals surface area (Å²) < 4.78 is 2.23. The number of aryl methyl sites for hydroxylation is 2. The molecule has 0 radical (unpaired) electrons. The Hall–Kier alpha value is -0.830. The van der Waals surface area contributed by atoms with Crippen LogP contribution >= 0.6 is 0 Å². The maximum Gasteiger partial charge on any atom is 0.108 e. The summed E-state index contributed by atoms with van der Waals surface area (Å²) in [7, 11) is 0. The van der Waals surface area contributed by atoms with Crippen LogP contribution < -0.4 is 5.32 Å². The van der Waals surface area contributed by atoms with Crippen molar-refractivity contribution in [2.24, 2.45) is 11.8 Å². The van der Waals surface area contributed by atoms with Crippen molar-refractivity contribution in [3.8, 4) is 0 Å². The van der Waals surface area contributed by atoms with Crippen molar-refractivity contribution < 1.29 is 0 Å². The van der Waals surface area contributed by atoms with Gasteiger partial charge in [0.1, 0.15) is 5.82 Å². The highest BCUT2D eigenvalue weighted by Gasteiger charge is 2.06. The molecular formula is C14H27N3. The zero-order valence-corrected chi connectivity index (χ0v) is 11.7. The zero-order chi connectivity index (χ0) is 12.7. The maximum atomic E-state index is 4.41. The van der Waals surface area contributed by atoms with E-state index in [9.17, 15) is 0 Å². The highest BCUT2D eigenvalue weighted by atomic mass is 15.0. The Kier molecular flexibility index (Phi) is 6.27. The van der Waals surface area contributed by atoms with Gasteiger partial charge in [0.05, 0.1) is 0 Å². The molecular weight excluding hydrogens is 210 g/mol. The molecule has 3 nitrogen and oxygen atoms in total. The van der Waals surface area contributed by atoms with Crippen LogP contribution in [-0.2, 0) is 13.0 Å². The second-order valence-corrected chi connectivity index (χ2v) is 5.33. The van der Waals surface area contributed by atoms with Crippen LogP contribution in [0.4, 0.5) is 0 Å². The molecule has 1 aromatic rings. The Morgan fingerprint density at radius 3 is 2.71 bits per heavy atom. The van der Waals surface area contributed by atoms with E-state index in [1.54, 1.807) is 0 Å². The molecule has 98 valence electrons. The summed E-state index contributed by atoms with van der Waals surface area (Å²) in [5.74, 6) is 2.68. The van der Waals surface area contributed by atoms with Gasteiger partial charge in [0.25, 0.3) is 0 Å². The molecule has 1 heterocycles. The predicted molar refractivity (Wildman–Crippen MR) is 73.1 cm³/mol. The molecule has 0 aliphatic rings. The molecule has 17 heavy (non-hydrogen) atoms. The van der Waals surface area contributed by atoms with Gasteiger partial charge in [-0.15, -0.1) is 0 Å². The van der Waals surface area contributed by atoms with Gasteiger partial charge in [-0.2, -0.15) is 0 Å². The van der Waals surface area contributed by atoms with Crippen molar-refractivity contribution in [3.63, 3.8) is 0 Å². The van der Waals surface area contributed by atoms with Gasteiger partial charge in [0.15, 0.2) is 0 Å². The van der Waals surface area contributed by atoms with Gasteiger partial charge < -0.3 is 9.88 Å². The van der Waals surface area contributed by atoms with Crippen molar-refractivity contribution in [3.05, 3.63) is 18.2 Å². The van der Waals surface area contributed by atoms with Crippen molar-refractivity contribution in [1.82, 2.24) is 14.9 Å². The Bertz CT molecular complexity index is 304. The minimum absolute atomic E-state index is 0.718. The number of nitrogens with zero attached hydrogens (tertiary/aromatic N) is 2. The Morgan fingerprint density at radius 2 is 2.06 bits per heavy atom. The standard InChI is InChI=1S/C14H27N3/c1-5-17-9-8-16-14(17)7-6-13(4)11-15-10-12(2)3/h8-9,12-13,15H,5-7,10-11H2,1-4H3. The average Bonchev–Trinajstić information content (AvgIpc) is 2.73. The lowest BCUT2D eigenvalue weighted by atomic mass is 10.1. The van der Waals surface area contributed by atoms with Crippen molar-refractivity contribution in [1.29, 1.82) is 0 Å². The van der Waals surface area contributed by atoms with E-state index in [1.165, 1.54) is 12.2 Å². The van der Waals surface area contributed by atoms with Crippen LogP contribution in [0.5, 0.6) is 0 Å². The van der Waals surface area contributed by atoms with Crippen LogP contribution in [0.15, 0.2) is 12.4 Å². The van der Waals surface area contributed by atoms with E-state index >= 15 is 0 Å². The van der Waals surface area contributed by atoms with Crippen molar-refractivity contribution >= 4 is 0 Å². The van der Waals surface area contributed by atoms with Crippen LogP contribution in [-0.4, -0.2) is 22.6 Å². The molecule has 0 amide bonds. The van der Waals surface area contributed by atoms with E-state index < -0.39 is 0 Å². The summed E-state index contributed by atoms with van der Waals surface area (Å²) in [5.41, 5.74) is 0. The molecule has 0 fully saturated rings. The van der Waals surface area contributed by atoms with Gasteiger partial charge in [-0.1, -0.05) is 20.8 Å². The van der Waals surface area contributed by atoms with Crippen LogP contribution in [0.2, 0.25) is 0 Å². The summed E-state index contributed by atoms with van der Waals surface area (Å²) in [6.07, 6.45) is 6.27. The average molecular weight is 237 g/mol. The van der Waals surface area contributed by atoms with Crippen LogP contribution in [0.1, 0.15) is 39.9 Å². The van der Waals surface area contributed by atoms with E-state index in [1.807, 2.05) is 6.20 Å². The lowest BCUT2D eigenvalue weighted by molar-refractivity contribution is 0.448. The van der Waals surface area contributed by atoms with Gasteiger partial charge >= 0.3 is 0 Å². The van der Waals surface area contributed by atoms with E-state index in [4.69, 9.17) is 0 Å². The highest BCUT2D eigenvalue weighted by Crippen LogP contribution is 2.08. The Labute approximate surface area is 106 Å². The van der Waals surface area contributed by atoms with E-state index in [2.05, 4.69) is 48.8 Å². The number of hydrogen-bond donors (Lipinski definition) is 1. The molecule has 0 aromatic carbocycles. The number of imidazole rings is 1. The third-order valence-corrected chi connectivity index (χ3v) is 3.05. The molecule has 0 bridgehead atoms. The molecule has 1 atom stereocenters. The number of nitrogens with one attached hydrogen (secondary N) is 1. The van der Waals surface area contributed by atoms with Gasteiger partial charge in [0.2, 0.25) is 0 Å². The summed E-state index contributed by atoms with van der Waals surface area (Å²) in [6, 6.07) is 0. The summed E-state index contributed by atoms with van der Waals surface area (Å²) >= 11 is 0. The summed E-state index contributed by atoms with van der Waals surface area (Å²) in [5, 5.41) is 3.52. The predicted octanol–water partition coefficient (Wildman–Crippen LogP) is 2.72. The fourth-order valence-electron chi connectivity index (χ4n) is 1.95. The second kappa shape index (κ2) is 7.49. The minimum Gasteiger partial charge on any atom is -0.335 e. The normalized spacial score (nSPS) is 13.2. The van der Waals surface area contributed by atoms with Gasteiger partial charge in [-0.25, -0.2) is 4.98 Å². The summed E-state index contributed by atoms with van der Waals surface area (Å²) in [6.45, 7) is 12.2. The fourth-order valence-corrected chi connectivity index (χ4v) is 1.95. The van der Waals surface area contributed by atoms with Gasteiger partial charge in [-0.3, -0.25) is 0 Å². The van der Waals surface area contributed by atoms with Crippen LogP contribution in [0.3, 0.4) is 0 Å². The maximum absolute atomic E-state index is 4.41. The molecule has 0 aliphatic carbocycles. The Morgan fingerprint density at radius 1 is 1.29 bits per heavy atom. The van der Waals surface area contributed by atoms with Gasteiger partial charge in [0, 0.05) is 25.4 Å². The molecule has 0 spiro atoms. The molecule has 3 heteroatoms. The molecule has 0 saturated heterocycles. The van der Waals surface area contributed by atoms with E-state index in [-0.39, 0.29) is 0 Å². The van der Waals surface area contributed by atoms with Crippen LogP contribution in [0.25, 0.3) is 0 Å². The number of aromatic nitrogens is 2. The highest BCUT2D eigenvalue weighted by molar-refractivity contribution is 4.92. The third-order valence-electron chi connectivity index (χ3n) is 3.05. The SMILES string of the molecule is CCn1ccnc1CCC(C)CNCC(C)C. The summed E-state index contributed by atoms with van der Waals surface area (Å²) in [4.78, 5) is 4.41.